The lowest BCUT2D eigenvalue weighted by Gasteiger charge is -1.92. The molecule has 0 saturated carbocycles. The normalized spacial score (nSPS) is 12.9. The van der Waals surface area contributed by atoms with Gasteiger partial charge in [0.2, 0.25) is 0 Å². The van der Waals surface area contributed by atoms with Crippen molar-refractivity contribution in [3.05, 3.63) is 22.6 Å². The largest absolute Gasteiger partial charge is 0.290 e. The van der Waals surface area contributed by atoms with E-state index in [1.165, 1.54) is 13.0 Å². The number of allylic oxidation sites excluding steroid dienone is 4. The topological polar surface area (TPSA) is 54.4 Å². The van der Waals surface area contributed by atoms with Gasteiger partial charge in [0.15, 0.2) is 0 Å². The second-order valence-corrected chi connectivity index (χ2v) is 4.09. The van der Waals surface area contributed by atoms with Crippen molar-refractivity contribution in [2.75, 3.05) is 0 Å². The van der Waals surface area contributed by atoms with Gasteiger partial charge in [-0.05, 0) is 26.8 Å². The monoisotopic (exact) mass is 176 g/mol. The second kappa shape index (κ2) is 3.69. The zero-order chi connectivity index (χ0) is 9.07. The lowest BCUT2D eigenvalue weighted by atomic mass is 10.3. The third kappa shape index (κ3) is 4.75. The maximum Gasteiger partial charge on any atom is 0.290 e. The van der Waals surface area contributed by atoms with Crippen LogP contribution in [0.5, 0.6) is 0 Å². The minimum Gasteiger partial charge on any atom is -0.282 e. The Bertz CT molecular complexity index is 279. The quantitative estimate of drug-likeness (QED) is 0.515. The van der Waals surface area contributed by atoms with Crippen molar-refractivity contribution in [1.82, 2.24) is 0 Å². The molecular formula is C7H12O3S. The maximum absolute atomic E-state index is 10.4. The molecule has 0 aromatic rings. The van der Waals surface area contributed by atoms with Crippen LogP contribution >= 0.6 is 0 Å². The second-order valence-electron chi connectivity index (χ2n) is 2.50. The molecule has 0 aromatic carbocycles. The van der Waals surface area contributed by atoms with Crippen molar-refractivity contribution in [3.8, 4) is 0 Å². The summed E-state index contributed by atoms with van der Waals surface area (Å²) in [6.45, 7) is 5.02. The van der Waals surface area contributed by atoms with E-state index in [-0.39, 0.29) is 4.91 Å². The lowest BCUT2D eigenvalue weighted by Crippen LogP contribution is -1.97. The van der Waals surface area contributed by atoms with Crippen LogP contribution in [0.15, 0.2) is 22.6 Å². The van der Waals surface area contributed by atoms with Crippen LogP contribution in [0.2, 0.25) is 0 Å². The molecule has 64 valence electrons. The average Bonchev–Trinajstić information content (AvgIpc) is 1.80. The highest BCUT2D eigenvalue weighted by molar-refractivity contribution is 7.89. The van der Waals surface area contributed by atoms with Crippen LogP contribution in [0.3, 0.4) is 0 Å². The minimum atomic E-state index is -3.98. The average molecular weight is 176 g/mol. The molecule has 0 bridgehead atoms. The molecule has 0 aliphatic carbocycles. The molecule has 0 aliphatic rings. The van der Waals surface area contributed by atoms with Gasteiger partial charge in [-0.1, -0.05) is 11.6 Å². The Hall–Kier alpha value is -0.610. The zero-order valence-corrected chi connectivity index (χ0v) is 7.64. The summed E-state index contributed by atoms with van der Waals surface area (Å²) in [6.07, 6.45) is 2.99. The maximum atomic E-state index is 10.4. The molecule has 0 spiro atoms. The van der Waals surface area contributed by atoms with Gasteiger partial charge in [-0.2, -0.15) is 8.42 Å². The van der Waals surface area contributed by atoms with Crippen molar-refractivity contribution >= 4 is 10.1 Å². The Labute approximate surface area is 67.2 Å². The van der Waals surface area contributed by atoms with E-state index in [2.05, 4.69) is 0 Å². The van der Waals surface area contributed by atoms with Crippen molar-refractivity contribution < 1.29 is 13.0 Å². The lowest BCUT2D eigenvalue weighted by molar-refractivity contribution is 0.491. The van der Waals surface area contributed by atoms with Gasteiger partial charge in [0.1, 0.15) is 0 Å². The fourth-order valence-electron chi connectivity index (χ4n) is 0.370. The Balaban J connectivity index is 4.64. The molecule has 0 radical (unpaired) electrons. The Morgan fingerprint density at radius 1 is 1.18 bits per heavy atom. The van der Waals surface area contributed by atoms with Crippen LogP contribution < -0.4 is 0 Å². The van der Waals surface area contributed by atoms with Gasteiger partial charge in [0, 0.05) is 0 Å². The fraction of sp³-hybridized carbons (Fsp3) is 0.429. The first-order chi connectivity index (χ1) is 4.84. The number of rotatable bonds is 2. The van der Waals surface area contributed by atoms with Gasteiger partial charge >= 0.3 is 0 Å². The van der Waals surface area contributed by atoms with Gasteiger partial charge in [0.05, 0.1) is 4.91 Å². The standard InChI is InChI=1S/C7H12O3S/c1-6(2)4-5-7(3)11(8,9)10/h4-5H,1-3H3,(H,8,9,10). The third-order valence-electron chi connectivity index (χ3n) is 1.06. The summed E-state index contributed by atoms with van der Waals surface area (Å²) in [5.41, 5.74) is 0.980. The van der Waals surface area contributed by atoms with Crippen LogP contribution in [-0.4, -0.2) is 13.0 Å². The predicted molar refractivity (Wildman–Crippen MR) is 44.7 cm³/mol. The van der Waals surface area contributed by atoms with E-state index in [1.54, 1.807) is 6.08 Å². The summed E-state index contributed by atoms with van der Waals surface area (Å²) >= 11 is 0. The van der Waals surface area contributed by atoms with Gasteiger partial charge in [-0.15, -0.1) is 0 Å². The predicted octanol–water partition coefficient (Wildman–Crippen LogP) is 1.74. The summed E-state index contributed by atoms with van der Waals surface area (Å²) in [5, 5.41) is 0. The van der Waals surface area contributed by atoms with Gasteiger partial charge in [-0.3, -0.25) is 4.55 Å². The molecule has 0 unspecified atom stereocenters. The molecule has 3 nitrogen and oxygen atoms in total. The molecule has 11 heavy (non-hydrogen) atoms. The van der Waals surface area contributed by atoms with E-state index in [1.807, 2.05) is 13.8 Å². The molecule has 0 amide bonds. The summed E-state index contributed by atoms with van der Waals surface area (Å²) < 4.78 is 29.3. The summed E-state index contributed by atoms with van der Waals surface area (Å²) in [4.78, 5) is -0.0429. The molecular weight excluding hydrogens is 164 g/mol. The van der Waals surface area contributed by atoms with Crippen LogP contribution in [0.4, 0.5) is 0 Å². The van der Waals surface area contributed by atoms with Crippen LogP contribution in [0.1, 0.15) is 20.8 Å². The first-order valence-corrected chi connectivity index (χ1v) is 4.57. The van der Waals surface area contributed by atoms with Crippen LogP contribution in [-0.2, 0) is 10.1 Å². The Morgan fingerprint density at radius 3 is 1.91 bits per heavy atom. The molecule has 4 heteroatoms. The van der Waals surface area contributed by atoms with E-state index in [0.717, 1.165) is 5.57 Å². The molecule has 0 heterocycles. The van der Waals surface area contributed by atoms with Gasteiger partial charge in [0.25, 0.3) is 10.1 Å². The molecule has 0 aliphatic heterocycles. The summed E-state index contributed by atoms with van der Waals surface area (Å²) in [5.74, 6) is 0. The summed E-state index contributed by atoms with van der Waals surface area (Å²) in [6, 6.07) is 0. The molecule has 0 rings (SSSR count). The van der Waals surface area contributed by atoms with E-state index >= 15 is 0 Å². The number of hydrogen-bond donors (Lipinski definition) is 1. The van der Waals surface area contributed by atoms with Crippen molar-refractivity contribution in [2.24, 2.45) is 0 Å². The van der Waals surface area contributed by atoms with Gasteiger partial charge in [-0.25, -0.2) is 0 Å². The first-order valence-electron chi connectivity index (χ1n) is 3.13. The summed E-state index contributed by atoms with van der Waals surface area (Å²) in [7, 11) is -3.98. The van der Waals surface area contributed by atoms with Crippen molar-refractivity contribution in [3.63, 3.8) is 0 Å². The minimum absolute atomic E-state index is 0.0429. The van der Waals surface area contributed by atoms with Crippen LogP contribution in [0, 0.1) is 0 Å². The van der Waals surface area contributed by atoms with Crippen LogP contribution in [0.25, 0.3) is 0 Å². The Morgan fingerprint density at radius 2 is 1.64 bits per heavy atom. The molecule has 0 atom stereocenters. The molecule has 1 N–H and O–H groups in total. The third-order valence-corrected chi connectivity index (χ3v) is 2.01. The first kappa shape index (κ1) is 10.4. The van der Waals surface area contributed by atoms with E-state index in [9.17, 15) is 8.42 Å². The molecule has 0 aromatic heterocycles. The Kier molecular flexibility index (Phi) is 3.48. The zero-order valence-electron chi connectivity index (χ0n) is 6.83. The van der Waals surface area contributed by atoms with E-state index in [0.29, 0.717) is 0 Å². The fourth-order valence-corrected chi connectivity index (χ4v) is 0.610. The van der Waals surface area contributed by atoms with Gasteiger partial charge < -0.3 is 0 Å². The van der Waals surface area contributed by atoms with E-state index < -0.39 is 10.1 Å². The highest BCUT2D eigenvalue weighted by Gasteiger charge is 2.04. The number of hydrogen-bond acceptors (Lipinski definition) is 2. The molecule has 0 fully saturated rings. The highest BCUT2D eigenvalue weighted by atomic mass is 32.2. The van der Waals surface area contributed by atoms with Crippen molar-refractivity contribution in [2.45, 2.75) is 20.8 Å². The SMILES string of the molecule is CC(C)=CC=C(C)S(=O)(=O)O. The highest BCUT2D eigenvalue weighted by Crippen LogP contribution is 2.03. The smallest absolute Gasteiger partial charge is 0.282 e. The van der Waals surface area contributed by atoms with Crippen molar-refractivity contribution in [1.29, 1.82) is 0 Å². The molecule has 0 saturated heterocycles. The van der Waals surface area contributed by atoms with E-state index in [4.69, 9.17) is 4.55 Å².